The fourth-order valence-corrected chi connectivity index (χ4v) is 5.77. The maximum atomic E-state index is 12.7. The molecule has 0 saturated carbocycles. The maximum Gasteiger partial charge on any atom is 0.244 e. The largest absolute Gasteiger partial charge is 0.244 e. The van der Waals surface area contributed by atoms with Gasteiger partial charge in [-0.1, -0.05) is 29.8 Å². The zero-order valence-corrected chi connectivity index (χ0v) is 15.0. The monoisotopic (exact) mass is 409 g/mol. The molecular weight excluding hydrogens is 394 g/mol. The van der Waals surface area contributed by atoms with Gasteiger partial charge in [0.25, 0.3) is 0 Å². The average molecular weight is 411 g/mol. The molecule has 1 fully saturated rings. The number of sulfonamides is 1. The van der Waals surface area contributed by atoms with Crippen molar-refractivity contribution in [1.82, 2.24) is 4.31 Å². The second kappa shape index (κ2) is 5.47. The molecule has 19 heavy (non-hydrogen) atoms. The fourth-order valence-electron chi connectivity index (χ4n) is 2.40. The summed E-state index contributed by atoms with van der Waals surface area (Å²) in [6, 6.07) is 5.17. The molecule has 1 aliphatic rings. The summed E-state index contributed by atoms with van der Waals surface area (Å²) in [6.45, 7) is 5.42. The summed E-state index contributed by atoms with van der Waals surface area (Å²) in [5, 5.41) is 0. The summed E-state index contributed by atoms with van der Waals surface area (Å²) in [4.78, 5) is 0.341. The van der Waals surface area contributed by atoms with E-state index in [-0.39, 0.29) is 5.41 Å². The first-order valence-electron chi connectivity index (χ1n) is 6.18. The molecule has 6 heteroatoms. The lowest BCUT2D eigenvalue weighted by Gasteiger charge is -2.37. The van der Waals surface area contributed by atoms with Crippen LogP contribution in [0.15, 0.2) is 32.0 Å². The van der Waals surface area contributed by atoms with Crippen molar-refractivity contribution in [2.45, 2.75) is 31.6 Å². The molecule has 1 aliphatic heterocycles. The summed E-state index contributed by atoms with van der Waals surface area (Å²) in [5.74, 6) is 0. The van der Waals surface area contributed by atoms with Gasteiger partial charge in [0.1, 0.15) is 0 Å². The molecule has 0 bridgehead atoms. The Kier molecular flexibility index (Phi) is 4.45. The normalized spacial score (nSPS) is 20.4. The first kappa shape index (κ1) is 15.5. The van der Waals surface area contributed by atoms with Gasteiger partial charge in [-0.3, -0.25) is 0 Å². The summed E-state index contributed by atoms with van der Waals surface area (Å²) >= 11 is 6.68. The van der Waals surface area contributed by atoms with Crippen LogP contribution in [0, 0.1) is 5.41 Å². The van der Waals surface area contributed by atoms with Crippen LogP contribution in [0.3, 0.4) is 0 Å². The third kappa shape index (κ3) is 3.40. The molecule has 2 rings (SSSR count). The summed E-state index contributed by atoms with van der Waals surface area (Å²) < 4.78 is 28.4. The van der Waals surface area contributed by atoms with Crippen molar-refractivity contribution in [3.63, 3.8) is 0 Å². The average Bonchev–Trinajstić information content (AvgIpc) is 2.27. The number of nitrogens with zero attached hydrogens (tertiary/aromatic N) is 1. The molecule has 0 radical (unpaired) electrons. The Bertz CT molecular complexity index is 584. The van der Waals surface area contributed by atoms with Gasteiger partial charge in [-0.2, -0.15) is 4.31 Å². The number of hydrogen-bond acceptors (Lipinski definition) is 2. The molecule has 0 aliphatic carbocycles. The van der Waals surface area contributed by atoms with Gasteiger partial charge in [0.2, 0.25) is 10.0 Å². The maximum absolute atomic E-state index is 12.7. The van der Waals surface area contributed by atoms with E-state index in [9.17, 15) is 8.42 Å². The smallest absolute Gasteiger partial charge is 0.207 e. The van der Waals surface area contributed by atoms with Gasteiger partial charge in [0.15, 0.2) is 0 Å². The van der Waals surface area contributed by atoms with Crippen molar-refractivity contribution >= 4 is 41.9 Å². The molecule has 0 aromatic heterocycles. The van der Waals surface area contributed by atoms with Gasteiger partial charge in [-0.25, -0.2) is 8.42 Å². The molecule has 0 atom stereocenters. The van der Waals surface area contributed by atoms with Crippen LogP contribution in [0.1, 0.15) is 26.7 Å². The first-order chi connectivity index (χ1) is 8.72. The lowest BCUT2D eigenvalue weighted by Crippen LogP contribution is -2.43. The number of piperidine rings is 1. The zero-order chi connectivity index (χ0) is 14.3. The third-order valence-electron chi connectivity index (χ3n) is 3.38. The van der Waals surface area contributed by atoms with Crippen LogP contribution in [-0.4, -0.2) is 25.8 Å². The van der Waals surface area contributed by atoms with E-state index >= 15 is 0 Å². The first-order valence-corrected chi connectivity index (χ1v) is 9.20. The molecule has 1 aromatic carbocycles. The van der Waals surface area contributed by atoms with Crippen molar-refractivity contribution in [3.05, 3.63) is 27.1 Å². The van der Waals surface area contributed by atoms with E-state index in [1.807, 2.05) is 0 Å². The Morgan fingerprint density at radius 2 is 1.95 bits per heavy atom. The Balaban J connectivity index is 2.37. The van der Waals surface area contributed by atoms with Crippen LogP contribution < -0.4 is 0 Å². The standard InChI is InChI=1S/C13H17Br2NO2S/c1-13(2)6-3-7-16(9-13)19(17,18)12-5-4-10(14)8-11(12)15/h4-5,8H,3,6-7,9H2,1-2H3. The van der Waals surface area contributed by atoms with Crippen LogP contribution in [-0.2, 0) is 10.0 Å². The molecule has 106 valence electrons. The van der Waals surface area contributed by atoms with E-state index in [1.54, 1.807) is 22.5 Å². The van der Waals surface area contributed by atoms with Crippen LogP contribution in [0.4, 0.5) is 0 Å². The number of benzene rings is 1. The summed E-state index contributed by atoms with van der Waals surface area (Å²) in [7, 11) is -3.41. The molecule has 0 spiro atoms. The molecule has 1 heterocycles. The minimum atomic E-state index is -3.41. The van der Waals surface area contributed by atoms with Gasteiger partial charge in [0, 0.05) is 22.0 Å². The highest BCUT2D eigenvalue weighted by Crippen LogP contribution is 2.34. The van der Waals surface area contributed by atoms with Gasteiger partial charge < -0.3 is 0 Å². The summed E-state index contributed by atoms with van der Waals surface area (Å²) in [6.07, 6.45) is 1.99. The third-order valence-corrected chi connectivity index (χ3v) is 6.69. The molecular formula is C13H17Br2NO2S. The highest BCUT2D eigenvalue weighted by atomic mass is 79.9. The minimum Gasteiger partial charge on any atom is -0.207 e. The predicted molar refractivity (Wildman–Crippen MR) is 83.6 cm³/mol. The van der Waals surface area contributed by atoms with Crippen molar-refractivity contribution in [1.29, 1.82) is 0 Å². The molecule has 1 aromatic rings. The molecule has 0 N–H and O–H groups in total. The molecule has 1 saturated heterocycles. The Morgan fingerprint density at radius 1 is 1.26 bits per heavy atom. The van der Waals surface area contributed by atoms with Gasteiger partial charge >= 0.3 is 0 Å². The quantitative estimate of drug-likeness (QED) is 0.738. The van der Waals surface area contributed by atoms with Crippen molar-refractivity contribution in [2.24, 2.45) is 5.41 Å². The van der Waals surface area contributed by atoms with Gasteiger partial charge in [-0.05, 0) is 52.4 Å². The Morgan fingerprint density at radius 3 is 2.53 bits per heavy atom. The second-order valence-electron chi connectivity index (χ2n) is 5.68. The molecule has 0 unspecified atom stereocenters. The number of hydrogen-bond donors (Lipinski definition) is 0. The second-order valence-corrected chi connectivity index (χ2v) is 9.36. The lowest BCUT2D eigenvalue weighted by molar-refractivity contribution is 0.187. The van der Waals surface area contributed by atoms with E-state index in [2.05, 4.69) is 45.7 Å². The van der Waals surface area contributed by atoms with E-state index in [4.69, 9.17) is 0 Å². The topological polar surface area (TPSA) is 37.4 Å². The highest BCUT2D eigenvalue weighted by molar-refractivity contribution is 9.11. The van der Waals surface area contributed by atoms with Crippen LogP contribution in [0.2, 0.25) is 0 Å². The Hall–Kier alpha value is 0.0900. The van der Waals surface area contributed by atoms with Crippen molar-refractivity contribution in [3.8, 4) is 0 Å². The number of halogens is 2. The van der Waals surface area contributed by atoms with Gasteiger partial charge in [-0.15, -0.1) is 0 Å². The van der Waals surface area contributed by atoms with E-state index in [0.717, 1.165) is 17.3 Å². The number of rotatable bonds is 2. The SMILES string of the molecule is CC1(C)CCCN(S(=O)(=O)c2ccc(Br)cc2Br)C1. The lowest BCUT2D eigenvalue weighted by atomic mass is 9.85. The van der Waals surface area contributed by atoms with Crippen LogP contribution >= 0.6 is 31.9 Å². The van der Waals surface area contributed by atoms with Crippen LogP contribution in [0.5, 0.6) is 0 Å². The fraction of sp³-hybridized carbons (Fsp3) is 0.538. The van der Waals surface area contributed by atoms with Crippen LogP contribution in [0.25, 0.3) is 0 Å². The minimum absolute atomic E-state index is 0.0488. The molecule has 3 nitrogen and oxygen atoms in total. The van der Waals surface area contributed by atoms with E-state index in [1.165, 1.54) is 0 Å². The molecule has 0 amide bonds. The highest BCUT2D eigenvalue weighted by Gasteiger charge is 2.34. The van der Waals surface area contributed by atoms with Crippen molar-refractivity contribution in [2.75, 3.05) is 13.1 Å². The van der Waals surface area contributed by atoms with E-state index in [0.29, 0.717) is 22.5 Å². The van der Waals surface area contributed by atoms with Gasteiger partial charge in [0.05, 0.1) is 4.90 Å². The van der Waals surface area contributed by atoms with Crippen molar-refractivity contribution < 1.29 is 8.42 Å². The predicted octanol–water partition coefficient (Wildman–Crippen LogP) is 4.02. The zero-order valence-electron chi connectivity index (χ0n) is 11.0. The van der Waals surface area contributed by atoms with E-state index < -0.39 is 10.0 Å². The Labute approximate surface area is 131 Å². The summed E-state index contributed by atoms with van der Waals surface area (Å²) in [5.41, 5.74) is 0.0488.